The van der Waals surface area contributed by atoms with E-state index in [0.717, 1.165) is 22.4 Å². The third kappa shape index (κ3) is 4.45. The van der Waals surface area contributed by atoms with Gasteiger partial charge in [-0.3, -0.25) is 4.79 Å². The van der Waals surface area contributed by atoms with E-state index >= 15 is 0 Å². The number of ether oxygens (including phenoxy) is 2. The number of rotatable bonds is 7. The Morgan fingerprint density at radius 3 is 2.50 bits per heavy atom. The Kier molecular flexibility index (Phi) is 5.90. The fourth-order valence-electron chi connectivity index (χ4n) is 3.60. The Hall–Kier alpha value is -4.65. The number of methoxy groups -OCH3 is 1. The molecule has 0 bridgehead atoms. The number of para-hydroxylation sites is 2. The molecule has 0 saturated carbocycles. The van der Waals surface area contributed by atoms with Crippen LogP contribution in [-0.2, 0) is 6.61 Å². The Balaban J connectivity index is 1.36. The summed E-state index contributed by atoms with van der Waals surface area (Å²) >= 11 is 0. The summed E-state index contributed by atoms with van der Waals surface area (Å²) in [6.45, 7) is 0.503. The molecular formula is C27H22N4O3. The average molecular weight is 450 g/mol. The van der Waals surface area contributed by atoms with Gasteiger partial charge in [-0.05, 0) is 41.5 Å². The monoisotopic (exact) mass is 450 g/mol. The second kappa shape index (κ2) is 9.46. The molecule has 7 nitrogen and oxygen atoms in total. The van der Waals surface area contributed by atoms with Crippen LogP contribution in [-0.4, -0.2) is 27.6 Å². The van der Waals surface area contributed by atoms with Gasteiger partial charge in [0.2, 0.25) is 0 Å². The van der Waals surface area contributed by atoms with Crippen LogP contribution in [0.4, 0.5) is 5.69 Å². The van der Waals surface area contributed by atoms with E-state index < -0.39 is 0 Å². The summed E-state index contributed by atoms with van der Waals surface area (Å²) in [6, 6.07) is 26.6. The van der Waals surface area contributed by atoms with Gasteiger partial charge in [0.25, 0.3) is 5.91 Å². The van der Waals surface area contributed by atoms with Crippen LogP contribution in [0.1, 0.15) is 16.1 Å². The second-order valence-electron chi connectivity index (χ2n) is 7.59. The van der Waals surface area contributed by atoms with E-state index in [-0.39, 0.29) is 11.6 Å². The maximum Gasteiger partial charge on any atom is 0.274 e. The zero-order valence-electron chi connectivity index (χ0n) is 18.5. The molecule has 0 atom stereocenters. The highest BCUT2D eigenvalue weighted by Gasteiger charge is 2.14. The zero-order chi connectivity index (χ0) is 23.3. The van der Waals surface area contributed by atoms with E-state index in [0.29, 0.717) is 23.7 Å². The first-order valence-corrected chi connectivity index (χ1v) is 10.8. The maximum absolute atomic E-state index is 12.9. The Morgan fingerprint density at radius 1 is 0.941 bits per heavy atom. The van der Waals surface area contributed by atoms with Gasteiger partial charge in [0.15, 0.2) is 5.65 Å². The molecule has 0 aliphatic rings. The maximum atomic E-state index is 12.9. The predicted octanol–water partition coefficient (Wildman–Crippen LogP) is 5.24. The number of aromatic nitrogens is 3. The zero-order valence-corrected chi connectivity index (χ0v) is 18.5. The van der Waals surface area contributed by atoms with Gasteiger partial charge in [-0.1, -0.05) is 54.6 Å². The summed E-state index contributed by atoms with van der Waals surface area (Å²) in [5.74, 6) is 1.02. The molecule has 5 aromatic rings. The van der Waals surface area contributed by atoms with Crippen LogP contribution in [0, 0.1) is 0 Å². The molecular weight excluding hydrogens is 428 g/mol. The van der Waals surface area contributed by atoms with Crippen molar-refractivity contribution in [2.45, 2.75) is 6.61 Å². The summed E-state index contributed by atoms with van der Waals surface area (Å²) in [6.07, 6.45) is 3.46. The van der Waals surface area contributed by atoms with Gasteiger partial charge in [0.05, 0.1) is 19.0 Å². The SMILES string of the molecule is COc1ccccc1NC(=O)c1ccn2ncc(-c3ccc(OCc4ccccc4)cc3)c2n1. The highest BCUT2D eigenvalue weighted by Crippen LogP contribution is 2.27. The lowest BCUT2D eigenvalue weighted by Crippen LogP contribution is -2.15. The second-order valence-corrected chi connectivity index (χ2v) is 7.59. The van der Waals surface area contributed by atoms with Crippen molar-refractivity contribution in [3.05, 3.63) is 109 Å². The molecule has 3 aromatic carbocycles. The molecule has 2 aromatic heterocycles. The van der Waals surface area contributed by atoms with Gasteiger partial charge in [-0.15, -0.1) is 0 Å². The van der Waals surface area contributed by atoms with Gasteiger partial charge in [0, 0.05) is 11.8 Å². The van der Waals surface area contributed by atoms with Gasteiger partial charge in [-0.25, -0.2) is 9.50 Å². The van der Waals surface area contributed by atoms with Crippen molar-refractivity contribution in [1.82, 2.24) is 14.6 Å². The molecule has 1 N–H and O–H groups in total. The first-order chi connectivity index (χ1) is 16.7. The fourth-order valence-corrected chi connectivity index (χ4v) is 3.60. The molecule has 5 rings (SSSR count). The minimum absolute atomic E-state index is 0.281. The molecule has 168 valence electrons. The number of anilines is 1. The minimum atomic E-state index is -0.330. The molecule has 0 spiro atoms. The van der Waals surface area contributed by atoms with E-state index in [2.05, 4.69) is 15.4 Å². The molecule has 0 fully saturated rings. The first-order valence-electron chi connectivity index (χ1n) is 10.8. The topological polar surface area (TPSA) is 77.8 Å². The third-order valence-electron chi connectivity index (χ3n) is 5.37. The van der Waals surface area contributed by atoms with Crippen LogP contribution in [0.5, 0.6) is 11.5 Å². The van der Waals surface area contributed by atoms with Crippen LogP contribution in [0.25, 0.3) is 16.8 Å². The standard InChI is InChI=1S/C27H22N4O3/c1-33-25-10-6-5-9-23(25)30-27(32)24-15-16-31-26(29-24)22(17-28-31)20-11-13-21(14-12-20)34-18-19-7-3-2-4-8-19/h2-17H,18H2,1H3,(H,30,32). The van der Waals surface area contributed by atoms with Crippen molar-refractivity contribution in [1.29, 1.82) is 0 Å². The normalized spacial score (nSPS) is 10.7. The van der Waals surface area contributed by atoms with Crippen molar-refractivity contribution in [3.63, 3.8) is 0 Å². The average Bonchev–Trinajstić information content (AvgIpc) is 3.32. The number of carbonyl (C=O) groups excluding carboxylic acids is 1. The van der Waals surface area contributed by atoms with E-state index in [9.17, 15) is 4.79 Å². The Bertz CT molecular complexity index is 1430. The Morgan fingerprint density at radius 2 is 1.71 bits per heavy atom. The molecule has 0 radical (unpaired) electrons. The highest BCUT2D eigenvalue weighted by atomic mass is 16.5. The smallest absolute Gasteiger partial charge is 0.274 e. The van der Waals surface area contributed by atoms with Crippen molar-refractivity contribution in [2.75, 3.05) is 12.4 Å². The van der Waals surface area contributed by atoms with Crippen molar-refractivity contribution < 1.29 is 14.3 Å². The lowest BCUT2D eigenvalue weighted by Gasteiger charge is -2.10. The van der Waals surface area contributed by atoms with Crippen LogP contribution < -0.4 is 14.8 Å². The van der Waals surface area contributed by atoms with Crippen LogP contribution in [0.15, 0.2) is 97.3 Å². The molecule has 0 aliphatic carbocycles. The quantitative estimate of drug-likeness (QED) is 0.367. The largest absolute Gasteiger partial charge is 0.495 e. The minimum Gasteiger partial charge on any atom is -0.495 e. The van der Waals surface area contributed by atoms with Crippen LogP contribution in [0.3, 0.4) is 0 Å². The van der Waals surface area contributed by atoms with E-state index in [1.807, 2.05) is 66.7 Å². The summed E-state index contributed by atoms with van der Waals surface area (Å²) in [7, 11) is 1.56. The van der Waals surface area contributed by atoms with Crippen molar-refractivity contribution in [2.24, 2.45) is 0 Å². The summed E-state index contributed by atoms with van der Waals surface area (Å²) < 4.78 is 12.8. The number of amides is 1. The first kappa shape index (κ1) is 21.2. The fraction of sp³-hybridized carbons (Fsp3) is 0.0741. The predicted molar refractivity (Wildman–Crippen MR) is 130 cm³/mol. The summed E-state index contributed by atoms with van der Waals surface area (Å²) in [4.78, 5) is 17.4. The molecule has 34 heavy (non-hydrogen) atoms. The summed E-state index contributed by atoms with van der Waals surface area (Å²) in [5, 5.41) is 7.23. The number of hydrogen-bond acceptors (Lipinski definition) is 5. The van der Waals surface area contributed by atoms with E-state index in [1.165, 1.54) is 0 Å². The number of fused-ring (bicyclic) bond motifs is 1. The van der Waals surface area contributed by atoms with Gasteiger partial charge >= 0.3 is 0 Å². The number of nitrogens with one attached hydrogen (secondary N) is 1. The molecule has 7 heteroatoms. The Labute approximate surface area is 196 Å². The van der Waals surface area contributed by atoms with Crippen LogP contribution in [0.2, 0.25) is 0 Å². The van der Waals surface area contributed by atoms with Crippen LogP contribution >= 0.6 is 0 Å². The number of nitrogens with zero attached hydrogens (tertiary/aromatic N) is 3. The van der Waals surface area contributed by atoms with Crippen molar-refractivity contribution in [3.8, 4) is 22.6 Å². The molecule has 0 unspecified atom stereocenters. The van der Waals surface area contributed by atoms with Crippen molar-refractivity contribution >= 4 is 17.2 Å². The van der Waals surface area contributed by atoms with Gasteiger partial charge < -0.3 is 14.8 Å². The third-order valence-corrected chi connectivity index (χ3v) is 5.37. The van der Waals surface area contributed by atoms with Gasteiger partial charge in [-0.2, -0.15) is 5.10 Å². The molecule has 0 aliphatic heterocycles. The summed E-state index contributed by atoms with van der Waals surface area (Å²) in [5.41, 5.74) is 4.31. The number of benzene rings is 3. The number of carbonyl (C=O) groups is 1. The molecule has 0 saturated heterocycles. The van der Waals surface area contributed by atoms with Gasteiger partial charge in [0.1, 0.15) is 23.8 Å². The highest BCUT2D eigenvalue weighted by molar-refractivity contribution is 6.04. The lowest BCUT2D eigenvalue weighted by atomic mass is 10.1. The molecule has 1 amide bonds. The van der Waals surface area contributed by atoms with E-state index in [1.54, 1.807) is 42.2 Å². The molecule has 2 heterocycles. The lowest BCUT2D eigenvalue weighted by molar-refractivity contribution is 0.102. The van der Waals surface area contributed by atoms with E-state index in [4.69, 9.17) is 9.47 Å². The number of hydrogen-bond donors (Lipinski definition) is 1.